The molecule has 12 nitrogen and oxygen atoms in total. The van der Waals surface area contributed by atoms with E-state index in [2.05, 4.69) is 33.5 Å². The van der Waals surface area contributed by atoms with E-state index in [-0.39, 0.29) is 48.6 Å². The standard InChI is InChI=1S/C30H51N7O5/c1-5-19-15-22(23(7-6-13-34-30(32)42)37-28(39)27(31)18(2)3)24(16-19)35-21-10-8-20(9-11-21)17-25(29(40)41)36-26(38)12-14-33-4/h8-11,18-19,22-25,27,33,35H,5-7,12-17,31H2,1-4H3,(H,36,38)(H,37,39)(H,40,41)(H3,32,34,42)/t19-,22?,23-,24?,25-,27?/m0/s1. The van der Waals surface area contributed by atoms with Crippen LogP contribution in [0.5, 0.6) is 0 Å². The number of rotatable bonds is 18. The van der Waals surface area contributed by atoms with Crippen molar-refractivity contribution in [3.63, 3.8) is 0 Å². The predicted octanol–water partition coefficient (Wildman–Crippen LogP) is 1.54. The molecule has 0 aromatic heterocycles. The number of urea groups is 1. The van der Waals surface area contributed by atoms with Crippen LogP contribution in [0.1, 0.15) is 64.9 Å². The van der Waals surface area contributed by atoms with E-state index in [0.29, 0.717) is 31.8 Å². The summed E-state index contributed by atoms with van der Waals surface area (Å²) >= 11 is 0. The average Bonchev–Trinajstić information content (AvgIpc) is 3.35. The normalized spacial score (nSPS) is 20.4. The maximum atomic E-state index is 13.0. The summed E-state index contributed by atoms with van der Waals surface area (Å²) in [5.74, 6) is -0.914. The lowest BCUT2D eigenvalue weighted by Crippen LogP contribution is -2.52. The minimum absolute atomic E-state index is 0.00368. The first-order chi connectivity index (χ1) is 19.9. The van der Waals surface area contributed by atoms with Crippen LogP contribution < -0.4 is 38.1 Å². The Bertz CT molecular complexity index is 1020. The molecule has 1 fully saturated rings. The molecule has 0 spiro atoms. The van der Waals surface area contributed by atoms with Crippen molar-refractivity contribution in [3.8, 4) is 0 Å². The van der Waals surface area contributed by atoms with Crippen LogP contribution in [0, 0.1) is 17.8 Å². The molecule has 1 aliphatic rings. The molecule has 0 radical (unpaired) electrons. The molecular formula is C30H51N7O5. The molecule has 0 aliphatic heterocycles. The lowest BCUT2D eigenvalue weighted by atomic mass is 9.89. The third-order valence-corrected chi connectivity index (χ3v) is 8.12. The Balaban J connectivity index is 2.14. The van der Waals surface area contributed by atoms with Gasteiger partial charge in [0.25, 0.3) is 0 Å². The van der Waals surface area contributed by atoms with Crippen LogP contribution in [-0.2, 0) is 20.8 Å². The molecule has 12 heteroatoms. The van der Waals surface area contributed by atoms with Crippen LogP contribution in [0.15, 0.2) is 24.3 Å². The first-order valence-corrected chi connectivity index (χ1v) is 15.1. The molecule has 42 heavy (non-hydrogen) atoms. The van der Waals surface area contributed by atoms with Gasteiger partial charge in [0.05, 0.1) is 6.04 Å². The van der Waals surface area contributed by atoms with Gasteiger partial charge in [-0.05, 0) is 68.2 Å². The molecule has 3 unspecified atom stereocenters. The summed E-state index contributed by atoms with van der Waals surface area (Å²) in [5, 5.41) is 24.6. The van der Waals surface area contributed by atoms with Crippen molar-refractivity contribution in [2.45, 2.75) is 89.9 Å². The number of carbonyl (C=O) groups is 4. The van der Waals surface area contributed by atoms with Crippen molar-refractivity contribution in [3.05, 3.63) is 29.8 Å². The number of nitrogens with one attached hydrogen (secondary N) is 5. The van der Waals surface area contributed by atoms with Crippen molar-refractivity contribution in [1.29, 1.82) is 0 Å². The molecule has 1 saturated carbocycles. The fourth-order valence-electron chi connectivity index (χ4n) is 5.52. The van der Waals surface area contributed by atoms with Gasteiger partial charge in [-0.2, -0.15) is 0 Å². The van der Waals surface area contributed by atoms with Gasteiger partial charge in [-0.25, -0.2) is 9.59 Å². The van der Waals surface area contributed by atoms with Crippen molar-refractivity contribution < 1.29 is 24.3 Å². The number of hydrogen-bond donors (Lipinski definition) is 8. The van der Waals surface area contributed by atoms with E-state index in [1.165, 1.54) is 0 Å². The van der Waals surface area contributed by atoms with E-state index in [1.807, 2.05) is 38.1 Å². The highest BCUT2D eigenvalue weighted by Crippen LogP contribution is 2.38. The summed E-state index contributed by atoms with van der Waals surface area (Å²) in [6, 6.07) is 5.37. The highest BCUT2D eigenvalue weighted by atomic mass is 16.4. The van der Waals surface area contributed by atoms with Gasteiger partial charge < -0.3 is 43.2 Å². The quantitative estimate of drug-likeness (QED) is 0.118. The van der Waals surface area contributed by atoms with E-state index < -0.39 is 24.1 Å². The van der Waals surface area contributed by atoms with Crippen molar-refractivity contribution in [2.75, 3.05) is 25.5 Å². The second kappa shape index (κ2) is 17.5. The Kier molecular flexibility index (Phi) is 14.5. The molecule has 1 aromatic carbocycles. The van der Waals surface area contributed by atoms with E-state index in [9.17, 15) is 24.3 Å². The number of carboxylic acid groups (broad SMARTS) is 1. The zero-order valence-electron chi connectivity index (χ0n) is 25.4. The fraction of sp³-hybridized carbons (Fsp3) is 0.667. The average molecular weight is 590 g/mol. The molecule has 1 aliphatic carbocycles. The molecule has 6 atom stereocenters. The van der Waals surface area contributed by atoms with Crippen molar-refractivity contribution in [1.82, 2.24) is 21.3 Å². The van der Waals surface area contributed by atoms with Gasteiger partial charge in [-0.3, -0.25) is 9.59 Å². The largest absolute Gasteiger partial charge is 0.480 e. The third-order valence-electron chi connectivity index (χ3n) is 8.12. The molecular weight excluding hydrogens is 538 g/mol. The van der Waals surface area contributed by atoms with Crippen molar-refractivity contribution in [2.24, 2.45) is 29.2 Å². The topological polar surface area (TPSA) is 201 Å². The minimum Gasteiger partial charge on any atom is -0.480 e. The number of aliphatic carboxylic acids is 1. The van der Waals surface area contributed by atoms with Crippen LogP contribution >= 0.6 is 0 Å². The Morgan fingerprint density at radius 2 is 1.74 bits per heavy atom. The van der Waals surface area contributed by atoms with Crippen LogP contribution in [0.2, 0.25) is 0 Å². The van der Waals surface area contributed by atoms with Gasteiger partial charge in [0.1, 0.15) is 6.04 Å². The van der Waals surface area contributed by atoms with Crippen LogP contribution in [0.3, 0.4) is 0 Å². The molecule has 4 amide bonds. The third kappa shape index (κ3) is 11.5. The number of benzene rings is 1. The molecule has 0 bridgehead atoms. The van der Waals surface area contributed by atoms with Gasteiger partial charge in [0.15, 0.2) is 0 Å². The zero-order valence-corrected chi connectivity index (χ0v) is 25.4. The van der Waals surface area contributed by atoms with Crippen molar-refractivity contribution >= 4 is 29.5 Å². The Labute approximate surface area is 249 Å². The summed E-state index contributed by atoms with van der Waals surface area (Å²) in [6.07, 6.45) is 4.64. The number of carboxylic acids is 1. The second-order valence-corrected chi connectivity index (χ2v) is 11.7. The van der Waals surface area contributed by atoms with E-state index in [4.69, 9.17) is 11.5 Å². The van der Waals surface area contributed by atoms with Gasteiger partial charge in [0.2, 0.25) is 11.8 Å². The summed E-state index contributed by atoms with van der Waals surface area (Å²) < 4.78 is 0. The first kappa shape index (κ1) is 34.8. The van der Waals surface area contributed by atoms with E-state index in [0.717, 1.165) is 30.5 Å². The van der Waals surface area contributed by atoms with Crippen LogP contribution in [0.4, 0.5) is 10.5 Å². The molecule has 1 aromatic rings. The minimum atomic E-state index is -1.08. The summed E-state index contributed by atoms with van der Waals surface area (Å²) in [4.78, 5) is 47.9. The Morgan fingerprint density at radius 1 is 1.05 bits per heavy atom. The highest BCUT2D eigenvalue weighted by molar-refractivity contribution is 5.84. The summed E-state index contributed by atoms with van der Waals surface area (Å²) in [6.45, 7) is 6.91. The number of amides is 4. The maximum absolute atomic E-state index is 13.0. The van der Waals surface area contributed by atoms with Gasteiger partial charge in [0, 0.05) is 43.7 Å². The zero-order chi connectivity index (χ0) is 31.2. The molecule has 2 rings (SSSR count). The molecule has 236 valence electrons. The summed E-state index contributed by atoms with van der Waals surface area (Å²) in [7, 11) is 1.73. The van der Waals surface area contributed by atoms with Gasteiger partial charge in [-0.15, -0.1) is 0 Å². The fourth-order valence-corrected chi connectivity index (χ4v) is 5.52. The SMILES string of the molecule is CC[C@@H]1CC(Nc2ccc(C[C@H](NC(=O)CCNC)C(=O)O)cc2)C([C@H](CCCNC(N)=O)NC(=O)C(N)C(C)C)C1. The highest BCUT2D eigenvalue weighted by Gasteiger charge is 2.39. The molecule has 0 heterocycles. The second-order valence-electron chi connectivity index (χ2n) is 11.7. The van der Waals surface area contributed by atoms with Gasteiger partial charge >= 0.3 is 12.0 Å². The summed E-state index contributed by atoms with van der Waals surface area (Å²) in [5.41, 5.74) is 13.1. The molecule has 10 N–H and O–H groups in total. The smallest absolute Gasteiger partial charge is 0.326 e. The number of anilines is 1. The number of carbonyl (C=O) groups excluding carboxylic acids is 3. The number of nitrogens with two attached hydrogens (primary N) is 2. The monoisotopic (exact) mass is 589 g/mol. The predicted molar refractivity (Wildman–Crippen MR) is 164 cm³/mol. The van der Waals surface area contributed by atoms with E-state index >= 15 is 0 Å². The molecule has 0 saturated heterocycles. The lowest BCUT2D eigenvalue weighted by molar-refractivity contribution is -0.141. The Morgan fingerprint density at radius 3 is 2.31 bits per heavy atom. The number of primary amides is 1. The van der Waals surface area contributed by atoms with Crippen LogP contribution in [-0.4, -0.2) is 73.2 Å². The van der Waals surface area contributed by atoms with E-state index in [1.54, 1.807) is 7.05 Å². The lowest BCUT2D eigenvalue weighted by Gasteiger charge is -2.32. The number of hydrogen-bond acceptors (Lipinski definition) is 7. The first-order valence-electron chi connectivity index (χ1n) is 15.1. The maximum Gasteiger partial charge on any atom is 0.326 e. The van der Waals surface area contributed by atoms with Gasteiger partial charge in [-0.1, -0.05) is 39.3 Å². The Hall–Kier alpha value is -3.38. The van der Waals surface area contributed by atoms with Crippen LogP contribution in [0.25, 0.3) is 0 Å².